The predicted octanol–water partition coefficient (Wildman–Crippen LogP) is 3.68. The zero-order valence-electron chi connectivity index (χ0n) is 15.0. The van der Waals surface area contributed by atoms with E-state index in [1.54, 1.807) is 7.11 Å². The second kappa shape index (κ2) is 9.72. The van der Waals surface area contributed by atoms with E-state index in [0.29, 0.717) is 6.61 Å². The third-order valence-corrected chi connectivity index (χ3v) is 4.78. The number of esters is 1. The van der Waals surface area contributed by atoms with Crippen molar-refractivity contribution >= 4 is 18.4 Å². The van der Waals surface area contributed by atoms with Crippen LogP contribution in [0, 0.1) is 0 Å². The summed E-state index contributed by atoms with van der Waals surface area (Å²) in [6.07, 6.45) is 3.38. The van der Waals surface area contributed by atoms with Crippen molar-refractivity contribution in [3.8, 4) is 0 Å². The van der Waals surface area contributed by atoms with E-state index in [-0.39, 0.29) is 24.4 Å². The second-order valence-electron chi connectivity index (χ2n) is 6.36. The lowest BCUT2D eigenvalue weighted by atomic mass is 9.86. The Morgan fingerprint density at radius 3 is 2.08 bits per heavy atom. The number of hydrogen-bond acceptors (Lipinski definition) is 4. The van der Waals surface area contributed by atoms with Gasteiger partial charge in [0.25, 0.3) is 0 Å². The zero-order chi connectivity index (χ0) is 17.5. The first-order chi connectivity index (χ1) is 12.3. The van der Waals surface area contributed by atoms with Gasteiger partial charge in [0.1, 0.15) is 6.61 Å². The number of halogens is 1. The first-order valence-electron chi connectivity index (χ1n) is 8.84. The molecule has 0 amide bonds. The number of nitrogens with one attached hydrogen (secondary N) is 1. The number of carbonyl (C=O) groups is 1. The van der Waals surface area contributed by atoms with Gasteiger partial charge in [-0.15, -0.1) is 12.4 Å². The fourth-order valence-electron chi connectivity index (χ4n) is 3.41. The number of piperidine rings is 1. The average Bonchev–Trinajstić information content (AvgIpc) is 2.70. The van der Waals surface area contributed by atoms with Crippen LogP contribution in [0.1, 0.15) is 30.4 Å². The maximum atomic E-state index is 13.2. The lowest BCUT2D eigenvalue weighted by molar-refractivity contribution is -0.166. The maximum Gasteiger partial charge on any atom is 0.347 e. The molecule has 4 nitrogen and oxygen atoms in total. The van der Waals surface area contributed by atoms with Crippen LogP contribution in [-0.2, 0) is 19.9 Å². The highest BCUT2D eigenvalue weighted by atomic mass is 35.5. The summed E-state index contributed by atoms with van der Waals surface area (Å²) >= 11 is 0. The molecule has 1 saturated heterocycles. The van der Waals surface area contributed by atoms with E-state index in [2.05, 4.69) is 5.32 Å². The van der Waals surface area contributed by atoms with Gasteiger partial charge in [0.2, 0.25) is 5.60 Å². The molecule has 0 spiro atoms. The van der Waals surface area contributed by atoms with Crippen LogP contribution in [0.2, 0.25) is 0 Å². The Morgan fingerprint density at radius 2 is 1.62 bits per heavy atom. The minimum absolute atomic E-state index is 0. The molecular weight excluding hydrogens is 350 g/mol. The summed E-state index contributed by atoms with van der Waals surface area (Å²) < 4.78 is 11.5. The van der Waals surface area contributed by atoms with E-state index < -0.39 is 5.60 Å². The Morgan fingerprint density at radius 1 is 1.04 bits per heavy atom. The Bertz CT molecular complexity index is 633. The topological polar surface area (TPSA) is 47.6 Å². The van der Waals surface area contributed by atoms with Crippen molar-refractivity contribution in [2.75, 3.05) is 20.3 Å². The summed E-state index contributed by atoms with van der Waals surface area (Å²) in [4.78, 5) is 13.2. The molecule has 1 fully saturated rings. The molecule has 1 N–H and O–H groups in total. The van der Waals surface area contributed by atoms with Crippen LogP contribution in [0.25, 0.3) is 0 Å². The standard InChI is InChI=1S/C21H25NO3.ClH/c1-24-21(17-10-4-2-5-11-17,18-12-6-3-7-13-18)20(23)25-16-19-14-8-9-15-22-19;/h2-7,10-13,19,22H,8-9,14-16H2,1H3;1H. The third kappa shape index (κ3) is 4.26. The van der Waals surface area contributed by atoms with Crippen LogP contribution < -0.4 is 5.32 Å². The SMILES string of the molecule is COC(C(=O)OCC1CCCCN1)(c1ccccc1)c1ccccc1.Cl. The third-order valence-electron chi connectivity index (χ3n) is 4.78. The summed E-state index contributed by atoms with van der Waals surface area (Å²) in [6, 6.07) is 19.3. The lowest BCUT2D eigenvalue weighted by Crippen LogP contribution is -2.44. The molecular formula is C21H26ClNO3. The summed E-state index contributed by atoms with van der Waals surface area (Å²) in [5.74, 6) is -0.375. The molecule has 0 aliphatic carbocycles. The van der Waals surface area contributed by atoms with E-state index in [1.807, 2.05) is 60.7 Å². The summed E-state index contributed by atoms with van der Waals surface area (Å²) in [5, 5.41) is 3.41. The number of carbonyl (C=O) groups excluding carboxylic acids is 1. The smallest absolute Gasteiger partial charge is 0.347 e. The van der Waals surface area contributed by atoms with Crippen LogP contribution in [0.5, 0.6) is 0 Å². The Balaban J connectivity index is 0.00000243. The van der Waals surface area contributed by atoms with Crippen molar-refractivity contribution < 1.29 is 14.3 Å². The van der Waals surface area contributed by atoms with Gasteiger partial charge in [-0.05, 0) is 30.5 Å². The summed E-state index contributed by atoms with van der Waals surface area (Å²) in [6.45, 7) is 1.35. The molecule has 1 heterocycles. The highest BCUT2D eigenvalue weighted by Gasteiger charge is 2.44. The van der Waals surface area contributed by atoms with Gasteiger partial charge in [-0.3, -0.25) is 0 Å². The van der Waals surface area contributed by atoms with Crippen molar-refractivity contribution in [3.63, 3.8) is 0 Å². The number of hydrogen-bond donors (Lipinski definition) is 1. The number of benzene rings is 2. The van der Waals surface area contributed by atoms with Crippen molar-refractivity contribution in [1.29, 1.82) is 0 Å². The van der Waals surface area contributed by atoms with Crippen LogP contribution in [0.3, 0.4) is 0 Å². The molecule has 1 aliphatic rings. The highest BCUT2D eigenvalue weighted by Crippen LogP contribution is 2.34. The highest BCUT2D eigenvalue weighted by molar-refractivity contribution is 5.86. The normalized spacial score (nSPS) is 17.2. The van der Waals surface area contributed by atoms with Gasteiger partial charge in [-0.2, -0.15) is 0 Å². The molecule has 2 aromatic rings. The molecule has 0 bridgehead atoms. The molecule has 0 aromatic heterocycles. The molecule has 140 valence electrons. The molecule has 26 heavy (non-hydrogen) atoms. The van der Waals surface area contributed by atoms with E-state index in [1.165, 1.54) is 12.8 Å². The van der Waals surface area contributed by atoms with Gasteiger partial charge in [-0.25, -0.2) is 4.79 Å². The van der Waals surface area contributed by atoms with Gasteiger partial charge in [0, 0.05) is 13.2 Å². The first-order valence-corrected chi connectivity index (χ1v) is 8.84. The van der Waals surface area contributed by atoms with Gasteiger partial charge >= 0.3 is 5.97 Å². The van der Waals surface area contributed by atoms with Crippen LogP contribution >= 0.6 is 12.4 Å². The van der Waals surface area contributed by atoms with E-state index >= 15 is 0 Å². The van der Waals surface area contributed by atoms with Crippen LogP contribution in [0.15, 0.2) is 60.7 Å². The first kappa shape index (κ1) is 20.4. The molecule has 1 unspecified atom stereocenters. The van der Waals surface area contributed by atoms with Gasteiger partial charge in [-0.1, -0.05) is 67.1 Å². The number of rotatable bonds is 6. The van der Waals surface area contributed by atoms with Crippen molar-refractivity contribution in [2.24, 2.45) is 0 Å². The molecule has 5 heteroatoms. The largest absolute Gasteiger partial charge is 0.461 e. The van der Waals surface area contributed by atoms with Crippen molar-refractivity contribution in [2.45, 2.75) is 30.9 Å². The number of methoxy groups -OCH3 is 1. The summed E-state index contributed by atoms with van der Waals surface area (Å²) in [5.41, 5.74) is 0.285. The van der Waals surface area contributed by atoms with E-state index in [4.69, 9.17) is 9.47 Å². The zero-order valence-corrected chi connectivity index (χ0v) is 15.8. The van der Waals surface area contributed by atoms with E-state index in [0.717, 1.165) is 24.1 Å². The Labute approximate surface area is 161 Å². The van der Waals surface area contributed by atoms with Gasteiger partial charge in [0.15, 0.2) is 0 Å². The van der Waals surface area contributed by atoms with Crippen LogP contribution in [0.4, 0.5) is 0 Å². The fourth-order valence-corrected chi connectivity index (χ4v) is 3.41. The average molecular weight is 376 g/mol. The Kier molecular flexibility index (Phi) is 7.64. The molecule has 0 radical (unpaired) electrons. The molecule has 0 saturated carbocycles. The molecule has 1 atom stereocenters. The van der Waals surface area contributed by atoms with Gasteiger partial charge < -0.3 is 14.8 Å². The molecule has 2 aromatic carbocycles. The summed E-state index contributed by atoms with van der Waals surface area (Å²) in [7, 11) is 1.56. The second-order valence-corrected chi connectivity index (χ2v) is 6.36. The predicted molar refractivity (Wildman–Crippen MR) is 105 cm³/mol. The Hall–Kier alpha value is -1.88. The monoisotopic (exact) mass is 375 g/mol. The number of ether oxygens (including phenoxy) is 2. The van der Waals surface area contributed by atoms with Crippen molar-refractivity contribution in [1.82, 2.24) is 5.32 Å². The quantitative estimate of drug-likeness (QED) is 0.782. The van der Waals surface area contributed by atoms with E-state index in [9.17, 15) is 4.79 Å². The minimum Gasteiger partial charge on any atom is -0.461 e. The van der Waals surface area contributed by atoms with Crippen molar-refractivity contribution in [3.05, 3.63) is 71.8 Å². The van der Waals surface area contributed by atoms with Gasteiger partial charge in [0.05, 0.1) is 0 Å². The van der Waals surface area contributed by atoms with Crippen LogP contribution in [-0.4, -0.2) is 32.3 Å². The molecule has 1 aliphatic heterocycles. The fraction of sp³-hybridized carbons (Fsp3) is 0.381. The molecule has 3 rings (SSSR count). The lowest BCUT2D eigenvalue weighted by Gasteiger charge is -2.32. The minimum atomic E-state index is -1.25. The maximum absolute atomic E-state index is 13.2.